The maximum atomic E-state index is 12.6. The van der Waals surface area contributed by atoms with Crippen LogP contribution in [0.3, 0.4) is 0 Å². The van der Waals surface area contributed by atoms with Crippen LogP contribution in [0, 0.1) is 5.92 Å². The molecule has 2 fully saturated rings. The Balaban J connectivity index is 1.90. The van der Waals surface area contributed by atoms with Gasteiger partial charge in [0.25, 0.3) is 11.8 Å². The first-order chi connectivity index (χ1) is 9.99. The normalized spacial score (nSPS) is 29.4. The molecule has 4 rings (SSSR count). The maximum Gasteiger partial charge on any atom is 0.275 e. The topological polar surface area (TPSA) is 106 Å². The summed E-state index contributed by atoms with van der Waals surface area (Å²) in [4.78, 5) is 37.7. The van der Waals surface area contributed by atoms with Gasteiger partial charge in [-0.3, -0.25) is 14.4 Å². The van der Waals surface area contributed by atoms with Gasteiger partial charge in [-0.2, -0.15) is 0 Å². The molecule has 2 amide bonds. The van der Waals surface area contributed by atoms with Gasteiger partial charge in [0.1, 0.15) is 5.56 Å². The minimum atomic E-state index is -0.895. The van der Waals surface area contributed by atoms with Crippen LogP contribution >= 0.6 is 0 Å². The number of hydrogen-bond donors (Lipinski definition) is 2. The second kappa shape index (κ2) is 3.87. The zero-order chi connectivity index (χ0) is 14.9. The van der Waals surface area contributed by atoms with E-state index in [9.17, 15) is 19.5 Å². The molecule has 21 heavy (non-hydrogen) atoms. The highest BCUT2D eigenvalue weighted by molar-refractivity contribution is 5.99. The summed E-state index contributed by atoms with van der Waals surface area (Å²) >= 11 is 0. The molecule has 110 valence electrons. The van der Waals surface area contributed by atoms with E-state index in [2.05, 4.69) is 0 Å². The molecule has 3 N–H and O–H groups in total. The van der Waals surface area contributed by atoms with Gasteiger partial charge in [-0.1, -0.05) is 0 Å². The fraction of sp³-hybridized carbons (Fsp3) is 0.500. The first-order valence-corrected chi connectivity index (χ1v) is 7.08. The van der Waals surface area contributed by atoms with Gasteiger partial charge in [0.15, 0.2) is 11.4 Å². The Morgan fingerprint density at radius 1 is 1.33 bits per heavy atom. The number of carbonyl (C=O) groups is 2. The Kier molecular flexibility index (Phi) is 2.29. The van der Waals surface area contributed by atoms with E-state index in [1.165, 1.54) is 10.8 Å². The fourth-order valence-electron chi connectivity index (χ4n) is 4.16. The second-order valence-electron chi connectivity index (χ2n) is 6.09. The van der Waals surface area contributed by atoms with Gasteiger partial charge in [-0.15, -0.1) is 0 Å². The van der Waals surface area contributed by atoms with Gasteiger partial charge in [-0.05, 0) is 25.2 Å². The SMILES string of the molecule is NC(=O)c1cn2c(c(O)c1=O)C(=O)N1C3CCC(C3)[C@@H]1C2. The summed E-state index contributed by atoms with van der Waals surface area (Å²) in [5, 5.41) is 10.0. The molecular weight excluding hydrogens is 274 g/mol. The van der Waals surface area contributed by atoms with E-state index >= 15 is 0 Å². The lowest BCUT2D eigenvalue weighted by Gasteiger charge is -2.40. The number of carbonyl (C=O) groups excluding carboxylic acids is 2. The maximum absolute atomic E-state index is 12.6. The standard InChI is InChI=1S/C14H15N3O4/c15-13(20)8-4-16-5-9-6-1-2-7(3-6)17(9)14(21)10(16)12(19)11(8)18/h4,6-7,9,19H,1-3,5H2,(H2,15,20)/t6?,7?,9-/m0/s1. The summed E-state index contributed by atoms with van der Waals surface area (Å²) < 4.78 is 1.51. The number of rotatable bonds is 1. The molecule has 0 radical (unpaired) electrons. The predicted molar refractivity (Wildman–Crippen MR) is 72.0 cm³/mol. The molecular formula is C14H15N3O4. The average Bonchev–Trinajstić information content (AvgIpc) is 3.03. The van der Waals surface area contributed by atoms with Crippen LogP contribution in [-0.2, 0) is 6.54 Å². The van der Waals surface area contributed by atoms with Gasteiger partial charge in [0.05, 0.1) is 6.04 Å². The van der Waals surface area contributed by atoms with Crippen molar-refractivity contribution in [1.29, 1.82) is 0 Å². The summed E-state index contributed by atoms with van der Waals surface area (Å²) in [5.74, 6) is -1.42. The van der Waals surface area contributed by atoms with Crippen molar-refractivity contribution in [2.75, 3.05) is 0 Å². The summed E-state index contributed by atoms with van der Waals surface area (Å²) in [6.07, 6.45) is 4.38. The molecule has 3 atom stereocenters. The molecule has 2 unspecified atom stereocenters. The number of piperidine rings is 1. The van der Waals surface area contributed by atoms with Crippen LogP contribution in [-0.4, -0.2) is 38.5 Å². The van der Waals surface area contributed by atoms with Gasteiger partial charge < -0.3 is 20.3 Å². The number of hydrogen-bond acceptors (Lipinski definition) is 4. The highest BCUT2D eigenvalue weighted by Crippen LogP contribution is 2.45. The number of aromatic hydroxyl groups is 1. The van der Waals surface area contributed by atoms with Crippen molar-refractivity contribution in [3.05, 3.63) is 27.7 Å². The van der Waals surface area contributed by atoms with Gasteiger partial charge in [0, 0.05) is 18.8 Å². The third kappa shape index (κ3) is 1.46. The Morgan fingerprint density at radius 3 is 2.81 bits per heavy atom. The number of primary amides is 1. The Morgan fingerprint density at radius 2 is 2.10 bits per heavy atom. The molecule has 3 heterocycles. The van der Waals surface area contributed by atoms with Crippen molar-refractivity contribution >= 4 is 11.8 Å². The van der Waals surface area contributed by atoms with E-state index in [1.54, 1.807) is 0 Å². The van der Waals surface area contributed by atoms with Crippen molar-refractivity contribution in [3.63, 3.8) is 0 Å². The quantitative estimate of drug-likeness (QED) is 0.737. The molecule has 7 heteroatoms. The number of pyridine rings is 1. The van der Waals surface area contributed by atoms with Gasteiger partial charge in [0.2, 0.25) is 5.43 Å². The summed E-state index contributed by atoms with van der Waals surface area (Å²) in [6.45, 7) is 0.496. The fourth-order valence-corrected chi connectivity index (χ4v) is 4.16. The summed E-state index contributed by atoms with van der Waals surface area (Å²) in [6, 6.07) is 0.304. The Labute approximate surface area is 120 Å². The zero-order valence-corrected chi connectivity index (χ0v) is 11.3. The lowest BCUT2D eigenvalue weighted by atomic mass is 9.95. The molecule has 7 nitrogen and oxygen atoms in total. The first kappa shape index (κ1) is 12.4. The highest BCUT2D eigenvalue weighted by Gasteiger charge is 2.51. The van der Waals surface area contributed by atoms with Crippen molar-refractivity contribution in [2.24, 2.45) is 11.7 Å². The first-order valence-electron chi connectivity index (χ1n) is 7.08. The van der Waals surface area contributed by atoms with Crippen LogP contribution in [0.25, 0.3) is 0 Å². The number of nitrogens with zero attached hydrogens (tertiary/aromatic N) is 2. The minimum absolute atomic E-state index is 0.0196. The molecule has 2 bridgehead atoms. The molecule has 1 aromatic rings. The van der Waals surface area contributed by atoms with Crippen LogP contribution in [0.4, 0.5) is 0 Å². The second-order valence-corrected chi connectivity index (χ2v) is 6.09. The van der Waals surface area contributed by atoms with E-state index in [1.807, 2.05) is 4.90 Å². The number of aromatic nitrogens is 1. The van der Waals surface area contributed by atoms with E-state index in [4.69, 9.17) is 5.73 Å². The number of amides is 2. The highest BCUT2D eigenvalue weighted by atomic mass is 16.3. The van der Waals surface area contributed by atoms with Crippen LogP contribution in [0.1, 0.15) is 40.1 Å². The Hall–Kier alpha value is -2.31. The summed E-state index contributed by atoms with van der Waals surface area (Å²) in [5.41, 5.74) is 3.99. The van der Waals surface area contributed by atoms with Crippen LogP contribution in [0.2, 0.25) is 0 Å². The van der Waals surface area contributed by atoms with E-state index in [-0.39, 0.29) is 29.2 Å². The minimum Gasteiger partial charge on any atom is -0.503 e. The van der Waals surface area contributed by atoms with Crippen molar-refractivity contribution < 1.29 is 14.7 Å². The number of fused-ring (bicyclic) bond motifs is 6. The molecule has 2 aliphatic heterocycles. The number of nitrogens with two attached hydrogens (primary N) is 1. The third-order valence-corrected chi connectivity index (χ3v) is 5.08. The monoisotopic (exact) mass is 289 g/mol. The van der Waals surface area contributed by atoms with Gasteiger partial charge in [-0.25, -0.2) is 0 Å². The molecule has 1 aromatic heterocycles. The molecule has 0 spiro atoms. The zero-order valence-electron chi connectivity index (χ0n) is 11.3. The van der Waals surface area contributed by atoms with Crippen molar-refractivity contribution in [1.82, 2.24) is 9.47 Å². The average molecular weight is 289 g/mol. The van der Waals surface area contributed by atoms with Gasteiger partial charge >= 0.3 is 0 Å². The lowest BCUT2D eigenvalue weighted by Crippen LogP contribution is -2.52. The lowest BCUT2D eigenvalue weighted by molar-refractivity contribution is 0.0482. The van der Waals surface area contributed by atoms with E-state index in [0.29, 0.717) is 12.5 Å². The molecule has 1 aliphatic carbocycles. The molecule has 1 saturated heterocycles. The largest absolute Gasteiger partial charge is 0.503 e. The van der Waals surface area contributed by atoms with Crippen LogP contribution < -0.4 is 11.2 Å². The molecule has 1 saturated carbocycles. The summed E-state index contributed by atoms with van der Waals surface area (Å²) in [7, 11) is 0. The predicted octanol–water partition coefficient (Wildman–Crippen LogP) is -0.341. The molecule has 3 aliphatic rings. The molecule has 0 aromatic carbocycles. The third-order valence-electron chi connectivity index (χ3n) is 5.08. The van der Waals surface area contributed by atoms with E-state index in [0.717, 1.165) is 19.3 Å². The van der Waals surface area contributed by atoms with Crippen molar-refractivity contribution in [3.8, 4) is 5.75 Å². The Bertz CT molecular complexity index is 738. The van der Waals surface area contributed by atoms with Crippen molar-refractivity contribution in [2.45, 2.75) is 37.9 Å². The van der Waals surface area contributed by atoms with E-state index < -0.39 is 17.1 Å². The smallest absolute Gasteiger partial charge is 0.275 e. The van der Waals surface area contributed by atoms with Crippen LogP contribution in [0.5, 0.6) is 5.75 Å². The van der Waals surface area contributed by atoms with Crippen LogP contribution in [0.15, 0.2) is 11.0 Å².